The summed E-state index contributed by atoms with van der Waals surface area (Å²) in [5.74, 6) is -0.221. The van der Waals surface area contributed by atoms with Crippen molar-refractivity contribution in [3.05, 3.63) is 51.4 Å². The lowest BCUT2D eigenvalue weighted by molar-refractivity contribution is 0.103. The van der Waals surface area contributed by atoms with Crippen molar-refractivity contribution in [2.24, 2.45) is 0 Å². The number of nitrogens with zero attached hydrogens (tertiary/aromatic N) is 1. The Morgan fingerprint density at radius 1 is 1.38 bits per heavy atom. The second-order valence-electron chi connectivity index (χ2n) is 4.63. The fourth-order valence-electron chi connectivity index (χ4n) is 2.03. The number of nitrogens with one attached hydrogen (secondary N) is 1. The topological polar surface area (TPSA) is 68.0 Å². The molecule has 3 N–H and O–H groups in total. The Labute approximate surface area is 134 Å². The van der Waals surface area contributed by atoms with Crippen molar-refractivity contribution in [3.8, 4) is 0 Å². The van der Waals surface area contributed by atoms with Crippen molar-refractivity contribution in [1.82, 2.24) is 4.98 Å². The first-order valence-corrected chi connectivity index (χ1v) is 7.87. The van der Waals surface area contributed by atoms with Crippen LogP contribution in [0.3, 0.4) is 0 Å². The molecule has 2 aromatic heterocycles. The molecule has 1 amide bonds. The highest BCUT2D eigenvalue weighted by atomic mass is 79.9. The molecule has 0 fully saturated rings. The van der Waals surface area contributed by atoms with Gasteiger partial charge in [-0.1, -0.05) is 6.07 Å². The van der Waals surface area contributed by atoms with E-state index in [2.05, 4.69) is 26.2 Å². The maximum Gasteiger partial charge on any atom is 0.267 e. The molecule has 0 aliphatic carbocycles. The zero-order chi connectivity index (χ0) is 15.0. The van der Waals surface area contributed by atoms with Crippen molar-refractivity contribution >= 4 is 54.8 Å². The van der Waals surface area contributed by atoms with E-state index < -0.39 is 0 Å². The van der Waals surface area contributed by atoms with Crippen LogP contribution in [0.5, 0.6) is 0 Å². The van der Waals surface area contributed by atoms with E-state index in [1.54, 1.807) is 6.20 Å². The minimum atomic E-state index is -0.221. The number of aromatic nitrogens is 1. The third kappa shape index (κ3) is 2.64. The summed E-state index contributed by atoms with van der Waals surface area (Å²) in [7, 11) is 0. The number of thiophene rings is 1. The summed E-state index contributed by atoms with van der Waals surface area (Å²) in [5, 5.41) is 2.89. The highest BCUT2D eigenvalue weighted by molar-refractivity contribution is 9.10. The number of rotatable bonds is 2. The van der Waals surface area contributed by atoms with E-state index in [4.69, 9.17) is 5.73 Å². The highest BCUT2D eigenvalue weighted by Gasteiger charge is 2.17. The van der Waals surface area contributed by atoms with Gasteiger partial charge in [-0.2, -0.15) is 0 Å². The maximum atomic E-state index is 12.4. The molecule has 3 rings (SSSR count). The number of halogens is 1. The molecule has 0 unspecified atom stereocenters. The molecule has 0 radical (unpaired) electrons. The lowest BCUT2D eigenvalue weighted by atomic mass is 10.2. The average Bonchev–Trinajstić information content (AvgIpc) is 2.81. The van der Waals surface area contributed by atoms with Crippen molar-refractivity contribution in [2.75, 3.05) is 11.1 Å². The Balaban J connectivity index is 1.97. The van der Waals surface area contributed by atoms with Crippen LogP contribution in [-0.2, 0) is 0 Å². The summed E-state index contributed by atoms with van der Waals surface area (Å²) in [6.07, 6.45) is 1.67. The molecule has 1 aromatic carbocycles. The van der Waals surface area contributed by atoms with Gasteiger partial charge >= 0.3 is 0 Å². The minimum absolute atomic E-state index is 0.221. The molecule has 0 spiro atoms. The monoisotopic (exact) mass is 361 g/mol. The summed E-state index contributed by atoms with van der Waals surface area (Å²) in [6, 6.07) is 9.52. The number of hydrogen-bond donors (Lipinski definition) is 2. The van der Waals surface area contributed by atoms with Gasteiger partial charge in [-0.15, -0.1) is 11.3 Å². The first-order valence-electron chi connectivity index (χ1n) is 6.27. The standard InChI is InChI=1S/C15H12BrN3OS/c1-8-4-5-9(16)10(7-8)19-15(20)14-12(17)13-11(21-14)3-2-6-18-13/h2-7H,17H2,1H3,(H,19,20). The number of carbonyl (C=O) groups is 1. The van der Waals surface area contributed by atoms with Gasteiger partial charge in [0.1, 0.15) is 10.4 Å². The number of anilines is 2. The van der Waals surface area contributed by atoms with Gasteiger partial charge in [-0.3, -0.25) is 9.78 Å². The van der Waals surface area contributed by atoms with E-state index in [1.165, 1.54) is 11.3 Å². The van der Waals surface area contributed by atoms with Gasteiger partial charge in [0.05, 0.1) is 16.1 Å². The molecule has 3 aromatic rings. The van der Waals surface area contributed by atoms with Crippen LogP contribution in [0.15, 0.2) is 41.0 Å². The van der Waals surface area contributed by atoms with Crippen molar-refractivity contribution in [1.29, 1.82) is 0 Å². The van der Waals surface area contributed by atoms with Gasteiger partial charge in [0, 0.05) is 10.7 Å². The number of fused-ring (bicyclic) bond motifs is 1. The average molecular weight is 362 g/mol. The summed E-state index contributed by atoms with van der Waals surface area (Å²) in [5.41, 5.74) is 8.94. The van der Waals surface area contributed by atoms with Crippen LogP contribution in [0.4, 0.5) is 11.4 Å². The Kier molecular flexibility index (Phi) is 3.65. The second kappa shape index (κ2) is 5.46. The molecule has 2 heterocycles. The van der Waals surface area contributed by atoms with Crippen LogP contribution < -0.4 is 11.1 Å². The highest BCUT2D eigenvalue weighted by Crippen LogP contribution is 2.33. The van der Waals surface area contributed by atoms with Crippen molar-refractivity contribution in [2.45, 2.75) is 6.92 Å². The number of aryl methyl sites for hydroxylation is 1. The lowest BCUT2D eigenvalue weighted by Gasteiger charge is -2.07. The predicted octanol–water partition coefficient (Wildman–Crippen LogP) is 4.20. The molecule has 0 bridgehead atoms. The summed E-state index contributed by atoms with van der Waals surface area (Å²) >= 11 is 4.78. The van der Waals surface area contributed by atoms with Crippen LogP contribution in [0.25, 0.3) is 10.2 Å². The van der Waals surface area contributed by atoms with Gasteiger partial charge in [-0.25, -0.2) is 0 Å². The van der Waals surface area contributed by atoms with Crippen molar-refractivity contribution in [3.63, 3.8) is 0 Å². The molecule has 0 aliphatic heterocycles. The molecule has 0 atom stereocenters. The van der Waals surface area contributed by atoms with Crippen LogP contribution in [0, 0.1) is 6.92 Å². The van der Waals surface area contributed by atoms with E-state index in [9.17, 15) is 4.79 Å². The van der Waals surface area contributed by atoms with Crippen LogP contribution in [0.1, 0.15) is 15.2 Å². The number of carbonyl (C=O) groups excluding carboxylic acids is 1. The maximum absolute atomic E-state index is 12.4. The van der Waals surface area contributed by atoms with Gasteiger partial charge in [-0.05, 0) is 52.7 Å². The fraction of sp³-hybridized carbons (Fsp3) is 0.0667. The van der Waals surface area contributed by atoms with Crippen molar-refractivity contribution < 1.29 is 4.79 Å². The molecular weight excluding hydrogens is 350 g/mol. The molecular formula is C15H12BrN3OS. The minimum Gasteiger partial charge on any atom is -0.396 e. The second-order valence-corrected chi connectivity index (χ2v) is 6.54. The summed E-state index contributed by atoms with van der Waals surface area (Å²) in [4.78, 5) is 17.1. The normalized spacial score (nSPS) is 10.8. The van der Waals surface area contributed by atoms with E-state index in [0.717, 1.165) is 20.4 Å². The third-order valence-electron chi connectivity index (χ3n) is 3.06. The van der Waals surface area contributed by atoms with Crippen LogP contribution in [-0.4, -0.2) is 10.9 Å². The number of pyridine rings is 1. The Morgan fingerprint density at radius 3 is 2.95 bits per heavy atom. The largest absolute Gasteiger partial charge is 0.396 e. The zero-order valence-electron chi connectivity index (χ0n) is 11.2. The zero-order valence-corrected chi connectivity index (χ0v) is 13.6. The number of nitrogen functional groups attached to an aromatic ring is 1. The first-order chi connectivity index (χ1) is 10.1. The number of amides is 1. The van der Waals surface area contributed by atoms with E-state index in [0.29, 0.717) is 16.1 Å². The van der Waals surface area contributed by atoms with Crippen LogP contribution in [0.2, 0.25) is 0 Å². The SMILES string of the molecule is Cc1ccc(Br)c(NC(=O)c2sc3cccnc3c2N)c1. The first kappa shape index (κ1) is 14.0. The Morgan fingerprint density at radius 2 is 2.19 bits per heavy atom. The molecule has 21 heavy (non-hydrogen) atoms. The van der Waals surface area contributed by atoms with E-state index >= 15 is 0 Å². The predicted molar refractivity (Wildman–Crippen MR) is 90.9 cm³/mol. The van der Waals surface area contributed by atoms with Gasteiger partial charge < -0.3 is 11.1 Å². The van der Waals surface area contributed by atoms with Gasteiger partial charge in [0.25, 0.3) is 5.91 Å². The number of hydrogen-bond acceptors (Lipinski definition) is 4. The van der Waals surface area contributed by atoms with Gasteiger partial charge in [0.2, 0.25) is 0 Å². The lowest BCUT2D eigenvalue weighted by Crippen LogP contribution is -2.12. The van der Waals surface area contributed by atoms with E-state index in [1.807, 2.05) is 37.3 Å². The fourth-order valence-corrected chi connectivity index (χ4v) is 3.35. The van der Waals surface area contributed by atoms with E-state index in [-0.39, 0.29) is 5.91 Å². The molecule has 0 aliphatic rings. The third-order valence-corrected chi connectivity index (χ3v) is 4.91. The quantitative estimate of drug-likeness (QED) is 0.718. The Hall–Kier alpha value is -1.92. The number of benzene rings is 1. The van der Waals surface area contributed by atoms with Crippen LogP contribution >= 0.6 is 27.3 Å². The smallest absolute Gasteiger partial charge is 0.267 e. The Bertz CT molecular complexity index is 844. The summed E-state index contributed by atoms with van der Waals surface area (Å²) in [6.45, 7) is 1.97. The van der Waals surface area contributed by atoms with Gasteiger partial charge in [0.15, 0.2) is 0 Å². The molecule has 0 saturated carbocycles. The molecule has 0 saturated heterocycles. The molecule has 4 nitrogen and oxygen atoms in total. The number of nitrogens with two attached hydrogens (primary N) is 1. The molecule has 6 heteroatoms. The molecule has 106 valence electrons. The summed E-state index contributed by atoms with van der Waals surface area (Å²) < 4.78 is 1.74.